The number of carbonyl (C=O) groups excluding carboxylic acids is 1. The van der Waals surface area contributed by atoms with Crippen LogP contribution in [0.1, 0.15) is 13.3 Å². The van der Waals surface area contributed by atoms with Crippen molar-refractivity contribution >= 4 is 29.4 Å². The van der Waals surface area contributed by atoms with Crippen LogP contribution in [0.4, 0.5) is 0 Å². The van der Waals surface area contributed by atoms with Gasteiger partial charge in [-0.1, -0.05) is 6.92 Å². The molecule has 2 fully saturated rings. The first-order chi connectivity index (χ1) is 8.26. The zero-order valence-corrected chi connectivity index (χ0v) is 12.4. The van der Waals surface area contributed by atoms with Gasteiger partial charge in [-0.05, 0) is 12.7 Å². The van der Waals surface area contributed by atoms with Crippen LogP contribution in [0, 0.1) is 0 Å². The van der Waals surface area contributed by atoms with E-state index in [1.807, 2.05) is 23.5 Å². The van der Waals surface area contributed by atoms with Crippen molar-refractivity contribution in [3.63, 3.8) is 0 Å². The molecule has 0 aliphatic carbocycles. The van der Waals surface area contributed by atoms with E-state index in [1.54, 1.807) is 0 Å². The lowest BCUT2D eigenvalue weighted by Gasteiger charge is -2.33. The van der Waals surface area contributed by atoms with Crippen molar-refractivity contribution in [2.75, 3.05) is 43.9 Å². The normalized spacial score (nSPS) is 33.6. The Hall–Kier alpha value is 0.130. The monoisotopic (exact) mass is 274 g/mol. The van der Waals surface area contributed by atoms with E-state index in [0.29, 0.717) is 11.9 Å². The first-order valence-corrected chi connectivity index (χ1v) is 8.84. The largest absolute Gasteiger partial charge is 0.339 e. The molecule has 0 aromatic heterocycles. The second-order valence-corrected chi connectivity index (χ2v) is 6.99. The summed E-state index contributed by atoms with van der Waals surface area (Å²) in [4.78, 5) is 17.0. The fraction of sp³-hybridized carbons (Fsp3) is 0.917. The molecule has 0 saturated carbocycles. The summed E-state index contributed by atoms with van der Waals surface area (Å²) in [6.07, 6.45) is 3.26. The smallest absolute Gasteiger partial charge is 0.237 e. The molecule has 0 radical (unpaired) electrons. The van der Waals surface area contributed by atoms with Crippen LogP contribution >= 0.6 is 23.5 Å². The second kappa shape index (κ2) is 6.34. The van der Waals surface area contributed by atoms with Crippen LogP contribution in [0.2, 0.25) is 0 Å². The summed E-state index contributed by atoms with van der Waals surface area (Å²) in [6, 6.07) is 0.576. The Balaban J connectivity index is 2.08. The number of amides is 1. The maximum Gasteiger partial charge on any atom is 0.237 e. The van der Waals surface area contributed by atoms with Gasteiger partial charge in [0.25, 0.3) is 0 Å². The number of hydrogen-bond donors (Lipinski definition) is 0. The van der Waals surface area contributed by atoms with Crippen molar-refractivity contribution in [3.05, 3.63) is 0 Å². The number of fused-ring (bicyclic) bond motifs is 2. The summed E-state index contributed by atoms with van der Waals surface area (Å²) in [5.41, 5.74) is 0. The lowest BCUT2D eigenvalue weighted by Crippen LogP contribution is -2.44. The van der Waals surface area contributed by atoms with Gasteiger partial charge in [-0.25, -0.2) is 0 Å². The highest BCUT2D eigenvalue weighted by atomic mass is 32.2. The summed E-state index contributed by atoms with van der Waals surface area (Å²) in [5.74, 6) is 2.55. The Morgan fingerprint density at radius 2 is 2.29 bits per heavy atom. The van der Waals surface area contributed by atoms with Gasteiger partial charge in [0.15, 0.2) is 0 Å². The van der Waals surface area contributed by atoms with E-state index in [1.165, 1.54) is 0 Å². The Morgan fingerprint density at radius 1 is 1.47 bits per heavy atom. The van der Waals surface area contributed by atoms with Crippen LogP contribution in [-0.4, -0.2) is 70.9 Å². The molecule has 2 heterocycles. The van der Waals surface area contributed by atoms with E-state index in [2.05, 4.69) is 23.0 Å². The van der Waals surface area contributed by atoms with Crippen LogP contribution < -0.4 is 0 Å². The highest BCUT2D eigenvalue weighted by Gasteiger charge is 2.37. The Kier molecular flexibility index (Phi) is 5.06. The predicted octanol–water partition coefficient (Wildman–Crippen LogP) is 1.39. The third-order valence-corrected chi connectivity index (χ3v) is 5.43. The molecule has 2 rings (SSSR count). The van der Waals surface area contributed by atoms with Gasteiger partial charge in [0.2, 0.25) is 5.91 Å². The summed E-state index contributed by atoms with van der Waals surface area (Å²) >= 11 is 3.67. The van der Waals surface area contributed by atoms with E-state index >= 15 is 0 Å². The Bertz CT molecular complexity index is 275. The van der Waals surface area contributed by atoms with E-state index in [9.17, 15) is 4.79 Å². The third kappa shape index (κ3) is 3.12. The quantitative estimate of drug-likeness (QED) is 0.773. The van der Waals surface area contributed by atoms with Crippen LogP contribution in [0.3, 0.4) is 0 Å². The topological polar surface area (TPSA) is 23.6 Å². The average Bonchev–Trinajstić information content (AvgIpc) is 2.46. The van der Waals surface area contributed by atoms with Crippen LogP contribution in [0.5, 0.6) is 0 Å². The first kappa shape index (κ1) is 13.6. The van der Waals surface area contributed by atoms with E-state index < -0.39 is 0 Å². The number of thioether (sulfide) groups is 2. The summed E-state index contributed by atoms with van der Waals surface area (Å²) in [5, 5.41) is 0.196. The number of nitrogens with zero attached hydrogens (tertiary/aromatic N) is 2. The molecule has 98 valence electrons. The molecule has 3 atom stereocenters. The Morgan fingerprint density at radius 3 is 3.00 bits per heavy atom. The molecule has 3 unspecified atom stereocenters. The lowest BCUT2D eigenvalue weighted by atomic mass is 10.2. The molecule has 0 aromatic carbocycles. The van der Waals surface area contributed by atoms with Gasteiger partial charge >= 0.3 is 0 Å². The number of rotatable bonds is 4. The minimum absolute atomic E-state index is 0.196. The number of carbonyl (C=O) groups is 1. The van der Waals surface area contributed by atoms with Gasteiger partial charge in [-0.3, -0.25) is 9.69 Å². The van der Waals surface area contributed by atoms with E-state index in [4.69, 9.17) is 0 Å². The molecule has 2 bridgehead atoms. The highest BCUT2D eigenvalue weighted by molar-refractivity contribution is 8.00. The van der Waals surface area contributed by atoms with Crippen LogP contribution in [0.15, 0.2) is 0 Å². The minimum atomic E-state index is 0.196. The molecule has 2 aliphatic rings. The zero-order valence-electron chi connectivity index (χ0n) is 10.7. The third-order valence-electron chi connectivity index (χ3n) is 3.67. The Labute approximate surface area is 113 Å². The summed E-state index contributed by atoms with van der Waals surface area (Å²) < 4.78 is 0. The van der Waals surface area contributed by atoms with Gasteiger partial charge in [0.05, 0.1) is 5.25 Å². The molecule has 2 aliphatic heterocycles. The van der Waals surface area contributed by atoms with Gasteiger partial charge in [0.1, 0.15) is 0 Å². The van der Waals surface area contributed by atoms with Gasteiger partial charge < -0.3 is 4.90 Å². The molecular weight excluding hydrogens is 252 g/mol. The molecule has 0 aromatic rings. The predicted molar refractivity (Wildman–Crippen MR) is 76.9 cm³/mol. The lowest BCUT2D eigenvalue weighted by molar-refractivity contribution is -0.129. The second-order valence-electron chi connectivity index (χ2n) is 4.69. The van der Waals surface area contributed by atoms with Crippen molar-refractivity contribution < 1.29 is 4.79 Å². The molecule has 2 saturated heterocycles. The standard InChI is InChI=1S/C12H22N2OS2/c1-3-10-8-14(4-6-16-2)12(15)11-9-13(10)5-7-17-11/h10-11H,3-9H2,1-2H3. The van der Waals surface area contributed by atoms with Gasteiger partial charge in [0, 0.05) is 43.7 Å². The molecule has 17 heavy (non-hydrogen) atoms. The molecule has 1 amide bonds. The zero-order chi connectivity index (χ0) is 12.3. The highest BCUT2D eigenvalue weighted by Crippen LogP contribution is 2.26. The maximum atomic E-state index is 12.4. The van der Waals surface area contributed by atoms with Crippen molar-refractivity contribution in [2.45, 2.75) is 24.6 Å². The molecular formula is C12H22N2OS2. The summed E-state index contributed by atoms with van der Waals surface area (Å²) in [6.45, 7) is 6.22. The average molecular weight is 274 g/mol. The SMILES string of the molecule is CCC1CN(CCSC)C(=O)C2CN1CCS2. The van der Waals surface area contributed by atoms with E-state index in [-0.39, 0.29) is 5.25 Å². The maximum absolute atomic E-state index is 12.4. The fourth-order valence-corrected chi connectivity index (χ4v) is 4.22. The molecule has 0 spiro atoms. The van der Waals surface area contributed by atoms with Crippen molar-refractivity contribution in [1.82, 2.24) is 9.80 Å². The van der Waals surface area contributed by atoms with Gasteiger partial charge in [-0.2, -0.15) is 11.8 Å². The molecule has 5 heteroatoms. The van der Waals surface area contributed by atoms with Crippen molar-refractivity contribution in [2.24, 2.45) is 0 Å². The number of hydrogen-bond acceptors (Lipinski definition) is 4. The molecule has 3 nitrogen and oxygen atoms in total. The molecule has 0 N–H and O–H groups in total. The minimum Gasteiger partial charge on any atom is -0.339 e. The van der Waals surface area contributed by atoms with Gasteiger partial charge in [-0.15, -0.1) is 11.8 Å². The van der Waals surface area contributed by atoms with Crippen LogP contribution in [0.25, 0.3) is 0 Å². The fourth-order valence-electron chi connectivity index (χ4n) is 2.60. The van der Waals surface area contributed by atoms with E-state index in [0.717, 1.165) is 44.1 Å². The van der Waals surface area contributed by atoms with Crippen molar-refractivity contribution in [1.29, 1.82) is 0 Å². The van der Waals surface area contributed by atoms with Crippen LogP contribution in [-0.2, 0) is 4.79 Å². The first-order valence-electron chi connectivity index (χ1n) is 6.39. The summed E-state index contributed by atoms with van der Waals surface area (Å²) in [7, 11) is 0. The van der Waals surface area contributed by atoms with Crippen molar-refractivity contribution in [3.8, 4) is 0 Å².